The molecule has 6 nitrogen and oxygen atoms in total. The van der Waals surface area contributed by atoms with E-state index in [4.69, 9.17) is 21.1 Å². The molecule has 114 valence electrons. The molecule has 2 aromatic heterocycles. The van der Waals surface area contributed by atoms with Crippen LogP contribution in [-0.4, -0.2) is 29.2 Å². The Morgan fingerprint density at radius 2 is 1.82 bits per heavy atom. The summed E-state index contributed by atoms with van der Waals surface area (Å²) in [5, 5.41) is 6.79. The van der Waals surface area contributed by atoms with Gasteiger partial charge < -0.3 is 14.8 Å². The minimum atomic E-state index is 0.149. The van der Waals surface area contributed by atoms with Crippen molar-refractivity contribution in [1.82, 2.24) is 15.0 Å². The van der Waals surface area contributed by atoms with Gasteiger partial charge in [0.05, 0.1) is 25.4 Å². The number of anilines is 2. The average molecular weight is 337 g/mol. The van der Waals surface area contributed by atoms with Gasteiger partial charge in [-0.05, 0) is 24.6 Å². The van der Waals surface area contributed by atoms with Gasteiger partial charge in [0.2, 0.25) is 5.28 Å². The summed E-state index contributed by atoms with van der Waals surface area (Å²) in [5.41, 5.74) is 1.60. The van der Waals surface area contributed by atoms with E-state index >= 15 is 0 Å². The van der Waals surface area contributed by atoms with Gasteiger partial charge in [0.1, 0.15) is 5.82 Å². The number of hydrogen-bond acceptors (Lipinski definition) is 7. The Morgan fingerprint density at radius 3 is 2.45 bits per heavy atom. The number of benzene rings is 1. The predicted octanol–water partition coefficient (Wildman–Crippen LogP) is 3.81. The van der Waals surface area contributed by atoms with Gasteiger partial charge in [-0.25, -0.2) is 9.97 Å². The van der Waals surface area contributed by atoms with Crippen molar-refractivity contribution in [2.75, 3.05) is 19.5 Å². The maximum absolute atomic E-state index is 6.01. The van der Waals surface area contributed by atoms with Crippen LogP contribution in [0.25, 0.3) is 10.9 Å². The standard InChI is InChI=1S/C14H13ClN4O2S/c1-7-6-22-14(16-7)19-12-8-4-10(20-2)11(21-3)5-9(8)17-13(15)18-12/h4-6H,1-3H3,(H,16,17,18,19). The van der Waals surface area contributed by atoms with E-state index < -0.39 is 0 Å². The molecule has 0 unspecified atom stereocenters. The van der Waals surface area contributed by atoms with E-state index in [-0.39, 0.29) is 5.28 Å². The monoisotopic (exact) mass is 336 g/mol. The van der Waals surface area contributed by atoms with Crippen molar-refractivity contribution in [2.45, 2.75) is 6.92 Å². The molecule has 0 amide bonds. The second-order valence-electron chi connectivity index (χ2n) is 4.48. The summed E-state index contributed by atoms with van der Waals surface area (Å²) < 4.78 is 10.6. The van der Waals surface area contributed by atoms with Crippen LogP contribution >= 0.6 is 22.9 Å². The molecule has 0 saturated heterocycles. The molecule has 3 aromatic rings. The third kappa shape index (κ3) is 2.77. The van der Waals surface area contributed by atoms with Crippen LogP contribution in [-0.2, 0) is 0 Å². The molecular weight excluding hydrogens is 324 g/mol. The number of nitrogens with zero attached hydrogens (tertiary/aromatic N) is 3. The van der Waals surface area contributed by atoms with Crippen molar-refractivity contribution in [3.05, 3.63) is 28.5 Å². The fraction of sp³-hybridized carbons (Fsp3) is 0.214. The largest absolute Gasteiger partial charge is 0.493 e. The van der Waals surface area contributed by atoms with Gasteiger partial charge in [-0.3, -0.25) is 0 Å². The zero-order valence-electron chi connectivity index (χ0n) is 12.2. The average Bonchev–Trinajstić information content (AvgIpc) is 2.91. The first-order chi connectivity index (χ1) is 10.6. The maximum Gasteiger partial charge on any atom is 0.224 e. The van der Waals surface area contributed by atoms with Crippen LogP contribution in [0.15, 0.2) is 17.5 Å². The predicted molar refractivity (Wildman–Crippen MR) is 87.8 cm³/mol. The third-order valence-corrected chi connectivity index (χ3v) is 4.06. The van der Waals surface area contributed by atoms with Gasteiger partial charge >= 0.3 is 0 Å². The number of halogens is 1. The first-order valence-corrected chi connectivity index (χ1v) is 7.65. The Labute approximate surface area is 136 Å². The van der Waals surface area contributed by atoms with E-state index in [1.54, 1.807) is 20.3 Å². The number of aryl methyl sites for hydroxylation is 1. The van der Waals surface area contributed by atoms with E-state index in [2.05, 4.69) is 20.3 Å². The van der Waals surface area contributed by atoms with Crippen LogP contribution in [0.5, 0.6) is 11.5 Å². The molecule has 1 N–H and O–H groups in total. The lowest BCUT2D eigenvalue weighted by molar-refractivity contribution is 0.356. The van der Waals surface area contributed by atoms with Crippen LogP contribution < -0.4 is 14.8 Å². The molecule has 2 heterocycles. The lowest BCUT2D eigenvalue weighted by Crippen LogP contribution is -1.99. The van der Waals surface area contributed by atoms with Gasteiger partial charge in [0.25, 0.3) is 0 Å². The summed E-state index contributed by atoms with van der Waals surface area (Å²) >= 11 is 7.51. The van der Waals surface area contributed by atoms with Crippen molar-refractivity contribution >= 4 is 44.8 Å². The number of thiazole rings is 1. The zero-order chi connectivity index (χ0) is 15.7. The minimum Gasteiger partial charge on any atom is -0.493 e. The molecule has 0 atom stereocenters. The summed E-state index contributed by atoms with van der Waals surface area (Å²) in [6, 6.07) is 3.58. The van der Waals surface area contributed by atoms with E-state index in [0.29, 0.717) is 22.8 Å². The summed E-state index contributed by atoms with van der Waals surface area (Å²) in [5.74, 6) is 1.76. The fourth-order valence-corrected chi connectivity index (χ4v) is 2.90. The molecule has 0 aliphatic rings. The lowest BCUT2D eigenvalue weighted by atomic mass is 10.2. The normalized spacial score (nSPS) is 10.7. The summed E-state index contributed by atoms with van der Waals surface area (Å²) in [4.78, 5) is 12.8. The van der Waals surface area contributed by atoms with Gasteiger partial charge in [-0.1, -0.05) is 0 Å². The Balaban J connectivity index is 2.15. The van der Waals surface area contributed by atoms with Crippen molar-refractivity contribution < 1.29 is 9.47 Å². The first kappa shape index (κ1) is 14.8. The molecule has 3 rings (SSSR count). The van der Waals surface area contributed by atoms with Crippen molar-refractivity contribution in [1.29, 1.82) is 0 Å². The smallest absolute Gasteiger partial charge is 0.224 e. The molecule has 0 saturated carbocycles. The minimum absolute atomic E-state index is 0.149. The Hall–Kier alpha value is -2.12. The Morgan fingerprint density at radius 1 is 1.09 bits per heavy atom. The second-order valence-corrected chi connectivity index (χ2v) is 5.68. The molecular formula is C14H13ClN4O2S. The molecule has 0 spiro atoms. The molecule has 22 heavy (non-hydrogen) atoms. The van der Waals surface area contributed by atoms with E-state index in [1.807, 2.05) is 18.4 Å². The van der Waals surface area contributed by atoms with Gasteiger partial charge in [0, 0.05) is 16.8 Å². The number of ether oxygens (including phenoxy) is 2. The lowest BCUT2D eigenvalue weighted by Gasteiger charge is -2.11. The Kier molecular flexibility index (Phi) is 4.00. The van der Waals surface area contributed by atoms with Gasteiger partial charge in [0.15, 0.2) is 16.6 Å². The topological polar surface area (TPSA) is 69.2 Å². The highest BCUT2D eigenvalue weighted by Crippen LogP contribution is 2.35. The SMILES string of the molecule is COc1cc2nc(Cl)nc(Nc3nc(C)cs3)c2cc1OC. The van der Waals surface area contributed by atoms with Crippen molar-refractivity contribution in [3.8, 4) is 11.5 Å². The summed E-state index contributed by atoms with van der Waals surface area (Å²) in [6.07, 6.45) is 0. The molecule has 0 fully saturated rings. The van der Waals surface area contributed by atoms with Crippen LogP contribution in [0.1, 0.15) is 5.69 Å². The highest BCUT2D eigenvalue weighted by Gasteiger charge is 2.13. The van der Waals surface area contributed by atoms with Gasteiger partial charge in [-0.15, -0.1) is 11.3 Å². The summed E-state index contributed by atoms with van der Waals surface area (Å²) in [6.45, 7) is 1.93. The highest BCUT2D eigenvalue weighted by molar-refractivity contribution is 7.13. The fourth-order valence-electron chi connectivity index (χ4n) is 2.04. The quantitative estimate of drug-likeness (QED) is 0.731. The van der Waals surface area contributed by atoms with Crippen LogP contribution in [0.3, 0.4) is 0 Å². The molecule has 0 bridgehead atoms. The second kappa shape index (κ2) is 5.94. The number of nitrogens with one attached hydrogen (secondary N) is 1. The highest BCUT2D eigenvalue weighted by atomic mass is 35.5. The third-order valence-electron chi connectivity index (χ3n) is 3.02. The number of methoxy groups -OCH3 is 2. The van der Waals surface area contributed by atoms with Crippen LogP contribution in [0, 0.1) is 6.92 Å². The molecule has 0 radical (unpaired) electrons. The Bertz CT molecular complexity index is 837. The van der Waals surface area contributed by atoms with Crippen molar-refractivity contribution in [2.24, 2.45) is 0 Å². The molecule has 0 aliphatic heterocycles. The number of aromatic nitrogens is 3. The number of fused-ring (bicyclic) bond motifs is 1. The maximum atomic E-state index is 6.01. The summed E-state index contributed by atoms with van der Waals surface area (Å²) in [7, 11) is 3.15. The molecule has 8 heteroatoms. The number of rotatable bonds is 4. The van der Waals surface area contributed by atoms with E-state index in [1.165, 1.54) is 11.3 Å². The van der Waals surface area contributed by atoms with Crippen LogP contribution in [0.2, 0.25) is 5.28 Å². The molecule has 0 aliphatic carbocycles. The molecule has 1 aromatic carbocycles. The van der Waals surface area contributed by atoms with E-state index in [0.717, 1.165) is 16.2 Å². The van der Waals surface area contributed by atoms with Crippen LogP contribution in [0.4, 0.5) is 10.9 Å². The number of hydrogen-bond donors (Lipinski definition) is 1. The zero-order valence-corrected chi connectivity index (χ0v) is 13.7. The van der Waals surface area contributed by atoms with Crippen molar-refractivity contribution in [3.63, 3.8) is 0 Å². The van der Waals surface area contributed by atoms with E-state index in [9.17, 15) is 0 Å². The van der Waals surface area contributed by atoms with Gasteiger partial charge in [-0.2, -0.15) is 4.98 Å². The first-order valence-electron chi connectivity index (χ1n) is 6.39.